The zero-order chi connectivity index (χ0) is 11.3. The summed E-state index contributed by atoms with van der Waals surface area (Å²) in [5.41, 5.74) is 0. The second kappa shape index (κ2) is 3.20. The van der Waals surface area contributed by atoms with Gasteiger partial charge in [-0.15, -0.1) is 0 Å². The van der Waals surface area contributed by atoms with E-state index in [-0.39, 0.29) is 17.9 Å². The maximum atomic E-state index is 11.6. The SMILES string of the molecule is C[C@@H]1C[C@H](C(=O)O)N2C(=O)C([C@@H](C)O)C12. The molecule has 2 rings (SSSR count). The first-order valence-electron chi connectivity index (χ1n) is 5.18. The van der Waals surface area contributed by atoms with E-state index in [1.54, 1.807) is 6.92 Å². The van der Waals surface area contributed by atoms with Crippen molar-refractivity contribution in [1.82, 2.24) is 4.90 Å². The van der Waals surface area contributed by atoms with Gasteiger partial charge in [0.1, 0.15) is 6.04 Å². The average molecular weight is 213 g/mol. The highest BCUT2D eigenvalue weighted by Crippen LogP contribution is 2.44. The first kappa shape index (κ1) is 10.4. The summed E-state index contributed by atoms with van der Waals surface area (Å²) in [5.74, 6) is -1.40. The predicted molar refractivity (Wildman–Crippen MR) is 51.0 cm³/mol. The third-order valence-corrected chi connectivity index (χ3v) is 3.55. The number of carbonyl (C=O) groups is 2. The summed E-state index contributed by atoms with van der Waals surface area (Å²) in [4.78, 5) is 24.0. The molecule has 2 N–H and O–H groups in total. The number of rotatable bonds is 2. The zero-order valence-corrected chi connectivity index (χ0v) is 8.75. The van der Waals surface area contributed by atoms with Gasteiger partial charge in [-0.2, -0.15) is 0 Å². The number of carbonyl (C=O) groups excluding carboxylic acids is 1. The van der Waals surface area contributed by atoms with Crippen LogP contribution in [0.5, 0.6) is 0 Å². The lowest BCUT2D eigenvalue weighted by atomic mass is 9.80. The molecule has 0 aromatic rings. The molecule has 2 aliphatic rings. The second-order valence-corrected chi connectivity index (χ2v) is 4.57. The normalized spacial score (nSPS) is 41.0. The van der Waals surface area contributed by atoms with Gasteiger partial charge in [0.05, 0.1) is 12.0 Å². The Labute approximate surface area is 87.7 Å². The Kier molecular flexibility index (Phi) is 2.22. The number of hydrogen-bond donors (Lipinski definition) is 2. The van der Waals surface area contributed by atoms with Crippen molar-refractivity contribution in [2.75, 3.05) is 0 Å². The van der Waals surface area contributed by atoms with Crippen molar-refractivity contribution in [2.24, 2.45) is 11.8 Å². The van der Waals surface area contributed by atoms with Crippen molar-refractivity contribution in [2.45, 2.75) is 38.5 Å². The van der Waals surface area contributed by atoms with E-state index < -0.39 is 24.0 Å². The van der Waals surface area contributed by atoms with Crippen LogP contribution in [-0.4, -0.2) is 45.2 Å². The van der Waals surface area contributed by atoms with Crippen molar-refractivity contribution in [3.8, 4) is 0 Å². The number of aliphatic carboxylic acids is 1. The van der Waals surface area contributed by atoms with Gasteiger partial charge in [-0.05, 0) is 19.3 Å². The van der Waals surface area contributed by atoms with Crippen molar-refractivity contribution in [1.29, 1.82) is 0 Å². The van der Waals surface area contributed by atoms with Crippen molar-refractivity contribution in [3.63, 3.8) is 0 Å². The topological polar surface area (TPSA) is 77.8 Å². The number of aliphatic hydroxyl groups excluding tert-OH is 1. The summed E-state index contributed by atoms with van der Waals surface area (Å²) in [6.45, 7) is 3.52. The Bertz CT molecular complexity index is 315. The molecule has 2 aliphatic heterocycles. The number of fused-ring (bicyclic) bond motifs is 1. The van der Waals surface area contributed by atoms with Crippen LogP contribution in [-0.2, 0) is 9.59 Å². The van der Waals surface area contributed by atoms with Crippen LogP contribution >= 0.6 is 0 Å². The van der Waals surface area contributed by atoms with E-state index in [0.717, 1.165) is 0 Å². The van der Waals surface area contributed by atoms with Gasteiger partial charge in [0.25, 0.3) is 0 Å². The minimum absolute atomic E-state index is 0.0846. The van der Waals surface area contributed by atoms with E-state index in [1.807, 2.05) is 6.92 Å². The van der Waals surface area contributed by atoms with Gasteiger partial charge < -0.3 is 15.1 Å². The second-order valence-electron chi connectivity index (χ2n) is 4.57. The standard InChI is InChI=1S/C10H15NO4/c1-4-3-6(10(14)15)11-8(4)7(5(2)12)9(11)13/h4-8,12H,3H2,1-2H3,(H,14,15)/t4-,5-,6-,7?,8?/m1/s1. The first-order valence-corrected chi connectivity index (χ1v) is 5.18. The zero-order valence-electron chi connectivity index (χ0n) is 8.75. The van der Waals surface area contributed by atoms with Crippen molar-refractivity contribution >= 4 is 11.9 Å². The highest BCUT2D eigenvalue weighted by atomic mass is 16.4. The molecule has 2 saturated heterocycles. The fourth-order valence-electron chi connectivity index (χ4n) is 2.86. The molecule has 5 nitrogen and oxygen atoms in total. The number of β-lactam (4-membered cyclic amide) rings is 1. The monoisotopic (exact) mass is 213 g/mol. The maximum Gasteiger partial charge on any atom is 0.326 e. The lowest BCUT2D eigenvalue weighted by Crippen LogP contribution is -2.65. The van der Waals surface area contributed by atoms with E-state index in [2.05, 4.69) is 0 Å². The molecule has 0 aromatic heterocycles. The molecule has 0 bridgehead atoms. The van der Waals surface area contributed by atoms with Crippen LogP contribution in [0.3, 0.4) is 0 Å². The van der Waals surface area contributed by atoms with Crippen molar-refractivity contribution in [3.05, 3.63) is 0 Å². The Morgan fingerprint density at radius 3 is 2.67 bits per heavy atom. The molecule has 5 atom stereocenters. The summed E-state index contributed by atoms with van der Waals surface area (Å²) in [5, 5.41) is 18.4. The number of carboxylic acid groups (broad SMARTS) is 1. The summed E-state index contributed by atoms with van der Waals surface area (Å²) in [6.07, 6.45) is -0.191. The predicted octanol–water partition coefficient (Wildman–Crippen LogP) is -0.313. The molecule has 2 unspecified atom stereocenters. The fourth-order valence-corrected chi connectivity index (χ4v) is 2.86. The van der Waals surface area contributed by atoms with Crippen LogP contribution in [0.25, 0.3) is 0 Å². The van der Waals surface area contributed by atoms with E-state index in [9.17, 15) is 14.7 Å². The van der Waals surface area contributed by atoms with Gasteiger partial charge in [0.2, 0.25) is 5.91 Å². The number of aliphatic hydroxyl groups is 1. The molecule has 84 valence electrons. The lowest BCUT2D eigenvalue weighted by Gasteiger charge is -2.47. The van der Waals surface area contributed by atoms with Gasteiger partial charge in [-0.3, -0.25) is 4.79 Å². The van der Waals surface area contributed by atoms with Gasteiger partial charge >= 0.3 is 5.97 Å². The Morgan fingerprint density at radius 1 is 1.60 bits per heavy atom. The number of nitrogens with zero attached hydrogens (tertiary/aromatic N) is 1. The highest BCUT2D eigenvalue weighted by molar-refractivity contribution is 5.92. The minimum Gasteiger partial charge on any atom is -0.480 e. The molecule has 0 radical (unpaired) electrons. The summed E-state index contributed by atoms with van der Waals surface area (Å²) in [7, 11) is 0. The van der Waals surface area contributed by atoms with E-state index in [4.69, 9.17) is 5.11 Å². The molecule has 5 heteroatoms. The van der Waals surface area contributed by atoms with E-state index in [1.165, 1.54) is 4.90 Å². The first-order chi connectivity index (χ1) is 6.95. The molecule has 0 aromatic carbocycles. The maximum absolute atomic E-state index is 11.6. The minimum atomic E-state index is -0.943. The molecule has 2 fully saturated rings. The van der Waals surface area contributed by atoms with Crippen LogP contribution in [0, 0.1) is 11.8 Å². The number of carboxylic acids is 1. The van der Waals surface area contributed by atoms with Gasteiger partial charge in [-0.1, -0.05) is 6.92 Å². The van der Waals surface area contributed by atoms with E-state index in [0.29, 0.717) is 6.42 Å². The van der Waals surface area contributed by atoms with Gasteiger partial charge in [0, 0.05) is 6.04 Å². The fraction of sp³-hybridized carbons (Fsp3) is 0.800. The van der Waals surface area contributed by atoms with Crippen LogP contribution in [0.2, 0.25) is 0 Å². The Morgan fingerprint density at radius 2 is 2.20 bits per heavy atom. The summed E-state index contributed by atoms with van der Waals surface area (Å²) >= 11 is 0. The number of amides is 1. The average Bonchev–Trinajstić information content (AvgIpc) is 2.38. The molecule has 0 spiro atoms. The molecule has 2 heterocycles. The van der Waals surface area contributed by atoms with E-state index >= 15 is 0 Å². The molecular formula is C10H15NO4. The molecule has 1 amide bonds. The van der Waals surface area contributed by atoms with Crippen LogP contribution < -0.4 is 0 Å². The van der Waals surface area contributed by atoms with Gasteiger partial charge in [0.15, 0.2) is 0 Å². The quantitative estimate of drug-likeness (QED) is 0.617. The third kappa shape index (κ3) is 1.26. The molecule has 0 saturated carbocycles. The Balaban J connectivity index is 2.21. The van der Waals surface area contributed by atoms with Crippen LogP contribution in [0.15, 0.2) is 0 Å². The molecular weight excluding hydrogens is 198 g/mol. The highest BCUT2D eigenvalue weighted by Gasteiger charge is 2.60. The van der Waals surface area contributed by atoms with Crippen LogP contribution in [0.4, 0.5) is 0 Å². The Hall–Kier alpha value is -1.10. The number of hydrogen-bond acceptors (Lipinski definition) is 3. The smallest absolute Gasteiger partial charge is 0.326 e. The van der Waals surface area contributed by atoms with Crippen LogP contribution in [0.1, 0.15) is 20.3 Å². The summed E-state index contributed by atoms with van der Waals surface area (Å²) < 4.78 is 0. The molecule has 0 aliphatic carbocycles. The lowest BCUT2D eigenvalue weighted by molar-refractivity contribution is -0.171. The largest absolute Gasteiger partial charge is 0.480 e. The van der Waals surface area contributed by atoms with Gasteiger partial charge in [-0.25, -0.2) is 4.79 Å². The third-order valence-electron chi connectivity index (χ3n) is 3.55. The molecule has 15 heavy (non-hydrogen) atoms. The summed E-state index contributed by atoms with van der Waals surface area (Å²) in [6, 6.07) is -0.772. The van der Waals surface area contributed by atoms with Crippen molar-refractivity contribution < 1.29 is 19.8 Å².